The number of nitrogens with zero attached hydrogens (tertiary/aromatic N) is 1. The van der Waals surface area contributed by atoms with E-state index in [0.717, 1.165) is 30.8 Å². The Kier molecular flexibility index (Phi) is 6.70. The summed E-state index contributed by atoms with van der Waals surface area (Å²) in [6, 6.07) is 0.778. The summed E-state index contributed by atoms with van der Waals surface area (Å²) in [5.74, 6) is 1.82. The second-order valence-electron chi connectivity index (χ2n) is 6.12. The van der Waals surface area contributed by atoms with Gasteiger partial charge in [0, 0.05) is 12.6 Å². The van der Waals surface area contributed by atoms with E-state index in [9.17, 15) is 0 Å². The van der Waals surface area contributed by atoms with Crippen LogP contribution in [0.25, 0.3) is 0 Å². The molecule has 0 amide bonds. The van der Waals surface area contributed by atoms with Crippen molar-refractivity contribution in [2.75, 3.05) is 13.6 Å². The lowest BCUT2D eigenvalue weighted by Gasteiger charge is -2.36. The third kappa shape index (κ3) is 4.61. The van der Waals surface area contributed by atoms with Crippen LogP contribution in [0.2, 0.25) is 0 Å². The molecule has 0 spiro atoms. The van der Waals surface area contributed by atoms with Gasteiger partial charge in [0.1, 0.15) is 0 Å². The van der Waals surface area contributed by atoms with E-state index in [0.29, 0.717) is 0 Å². The fraction of sp³-hybridized carbons (Fsp3) is 0.765. The second kappa shape index (κ2) is 7.78. The Balaban J connectivity index is 2.42. The van der Waals surface area contributed by atoms with Crippen LogP contribution in [0, 0.1) is 11.8 Å². The SMILES string of the molecule is C=C/C(=C\CC)CN(C)C1CCC(C(C)C)CC1. The van der Waals surface area contributed by atoms with Crippen molar-refractivity contribution < 1.29 is 0 Å². The highest BCUT2D eigenvalue weighted by molar-refractivity contribution is 5.17. The Bertz CT molecular complexity index is 269. The molecular formula is C17H31N. The maximum Gasteiger partial charge on any atom is 0.0230 e. The van der Waals surface area contributed by atoms with Crippen molar-refractivity contribution in [1.82, 2.24) is 4.90 Å². The van der Waals surface area contributed by atoms with E-state index >= 15 is 0 Å². The number of hydrogen-bond acceptors (Lipinski definition) is 1. The van der Waals surface area contributed by atoms with Crippen LogP contribution < -0.4 is 0 Å². The monoisotopic (exact) mass is 249 g/mol. The van der Waals surface area contributed by atoms with E-state index in [1.54, 1.807) is 0 Å². The summed E-state index contributed by atoms with van der Waals surface area (Å²) in [6.07, 6.45) is 11.0. The van der Waals surface area contributed by atoms with Crippen LogP contribution in [-0.4, -0.2) is 24.5 Å². The molecule has 1 saturated carbocycles. The molecule has 0 bridgehead atoms. The van der Waals surface area contributed by atoms with E-state index in [-0.39, 0.29) is 0 Å². The summed E-state index contributed by atoms with van der Waals surface area (Å²) in [6.45, 7) is 11.9. The van der Waals surface area contributed by atoms with Gasteiger partial charge in [0.05, 0.1) is 0 Å². The van der Waals surface area contributed by atoms with Gasteiger partial charge in [-0.25, -0.2) is 0 Å². The Hall–Kier alpha value is -0.560. The minimum absolute atomic E-state index is 0.778. The molecule has 1 nitrogen and oxygen atoms in total. The average Bonchev–Trinajstić information content (AvgIpc) is 2.38. The van der Waals surface area contributed by atoms with Gasteiger partial charge in [-0.3, -0.25) is 4.90 Å². The van der Waals surface area contributed by atoms with Gasteiger partial charge < -0.3 is 0 Å². The molecule has 0 saturated heterocycles. The predicted octanol–water partition coefficient (Wildman–Crippen LogP) is 4.66. The second-order valence-corrected chi connectivity index (χ2v) is 6.12. The maximum absolute atomic E-state index is 3.92. The summed E-state index contributed by atoms with van der Waals surface area (Å²) in [4.78, 5) is 2.53. The Morgan fingerprint density at radius 1 is 1.28 bits per heavy atom. The molecule has 0 aromatic heterocycles. The molecule has 1 heteroatoms. The molecule has 0 aromatic rings. The lowest BCUT2D eigenvalue weighted by atomic mass is 9.79. The fourth-order valence-electron chi connectivity index (χ4n) is 3.10. The van der Waals surface area contributed by atoms with E-state index in [1.165, 1.54) is 31.3 Å². The summed E-state index contributed by atoms with van der Waals surface area (Å²) in [5, 5.41) is 0. The standard InChI is InChI=1S/C17H31N/c1-6-8-15(7-2)13-18(5)17-11-9-16(10-12-17)14(3)4/h7-8,14,16-17H,2,6,9-13H2,1,3-5H3/b15-8+. The Morgan fingerprint density at radius 2 is 1.89 bits per heavy atom. The topological polar surface area (TPSA) is 3.24 Å². The summed E-state index contributed by atoms with van der Waals surface area (Å²) >= 11 is 0. The van der Waals surface area contributed by atoms with Crippen LogP contribution >= 0.6 is 0 Å². The van der Waals surface area contributed by atoms with E-state index in [2.05, 4.69) is 45.4 Å². The number of allylic oxidation sites excluding steroid dienone is 1. The van der Waals surface area contributed by atoms with Crippen molar-refractivity contribution in [2.45, 2.75) is 58.9 Å². The largest absolute Gasteiger partial charge is 0.299 e. The van der Waals surface area contributed by atoms with Crippen molar-refractivity contribution in [3.05, 3.63) is 24.3 Å². The third-order valence-electron chi connectivity index (χ3n) is 4.47. The lowest BCUT2D eigenvalue weighted by molar-refractivity contribution is 0.156. The molecule has 0 atom stereocenters. The molecule has 1 fully saturated rings. The Labute approximate surface area is 114 Å². The quantitative estimate of drug-likeness (QED) is 0.619. The number of hydrogen-bond donors (Lipinski definition) is 0. The summed E-state index contributed by atoms with van der Waals surface area (Å²) in [5.41, 5.74) is 1.38. The van der Waals surface area contributed by atoms with Crippen molar-refractivity contribution in [3.8, 4) is 0 Å². The van der Waals surface area contributed by atoms with Gasteiger partial charge in [-0.05, 0) is 56.6 Å². The lowest BCUT2D eigenvalue weighted by Crippen LogP contribution is -2.37. The average molecular weight is 249 g/mol. The van der Waals surface area contributed by atoms with Crippen LogP contribution in [-0.2, 0) is 0 Å². The third-order valence-corrected chi connectivity index (χ3v) is 4.47. The predicted molar refractivity (Wildman–Crippen MR) is 81.8 cm³/mol. The fourth-order valence-corrected chi connectivity index (χ4v) is 3.10. The maximum atomic E-state index is 3.92. The van der Waals surface area contributed by atoms with Crippen molar-refractivity contribution in [3.63, 3.8) is 0 Å². The van der Waals surface area contributed by atoms with Crippen LogP contribution in [0.5, 0.6) is 0 Å². The molecule has 0 aromatic carbocycles. The van der Waals surface area contributed by atoms with Gasteiger partial charge in [0.25, 0.3) is 0 Å². The molecule has 0 radical (unpaired) electrons. The highest BCUT2D eigenvalue weighted by Crippen LogP contribution is 2.31. The minimum atomic E-state index is 0.778. The summed E-state index contributed by atoms with van der Waals surface area (Å²) in [7, 11) is 2.27. The highest BCUT2D eigenvalue weighted by Gasteiger charge is 2.25. The first kappa shape index (κ1) is 15.5. The molecule has 1 rings (SSSR count). The molecular weight excluding hydrogens is 218 g/mol. The van der Waals surface area contributed by atoms with Crippen LogP contribution in [0.15, 0.2) is 24.3 Å². The molecule has 0 aliphatic heterocycles. The molecule has 18 heavy (non-hydrogen) atoms. The molecule has 0 heterocycles. The van der Waals surface area contributed by atoms with Crippen molar-refractivity contribution in [2.24, 2.45) is 11.8 Å². The molecule has 104 valence electrons. The van der Waals surface area contributed by atoms with Gasteiger partial charge in [-0.1, -0.05) is 39.5 Å². The van der Waals surface area contributed by atoms with Gasteiger partial charge in [-0.15, -0.1) is 0 Å². The first-order valence-electron chi connectivity index (χ1n) is 7.60. The van der Waals surface area contributed by atoms with Crippen LogP contribution in [0.1, 0.15) is 52.9 Å². The molecule has 1 aliphatic carbocycles. The van der Waals surface area contributed by atoms with Gasteiger partial charge in [0.2, 0.25) is 0 Å². The van der Waals surface area contributed by atoms with Crippen molar-refractivity contribution in [1.29, 1.82) is 0 Å². The van der Waals surface area contributed by atoms with Gasteiger partial charge in [0.15, 0.2) is 0 Å². The van der Waals surface area contributed by atoms with Crippen LogP contribution in [0.4, 0.5) is 0 Å². The molecule has 0 unspecified atom stereocenters. The van der Waals surface area contributed by atoms with Gasteiger partial charge in [-0.2, -0.15) is 0 Å². The summed E-state index contributed by atoms with van der Waals surface area (Å²) < 4.78 is 0. The first-order valence-corrected chi connectivity index (χ1v) is 7.60. The number of likely N-dealkylation sites (N-methyl/N-ethyl adjacent to an activating group) is 1. The van der Waals surface area contributed by atoms with E-state index < -0.39 is 0 Å². The number of rotatable bonds is 6. The first-order chi connectivity index (χ1) is 8.58. The zero-order valence-electron chi connectivity index (χ0n) is 12.8. The molecule has 1 aliphatic rings. The zero-order valence-corrected chi connectivity index (χ0v) is 12.8. The zero-order chi connectivity index (χ0) is 13.5. The van der Waals surface area contributed by atoms with Crippen molar-refractivity contribution >= 4 is 0 Å². The van der Waals surface area contributed by atoms with Crippen LogP contribution in [0.3, 0.4) is 0 Å². The minimum Gasteiger partial charge on any atom is -0.299 e. The van der Waals surface area contributed by atoms with E-state index in [1.807, 2.05) is 6.08 Å². The van der Waals surface area contributed by atoms with Gasteiger partial charge >= 0.3 is 0 Å². The Morgan fingerprint density at radius 3 is 2.33 bits per heavy atom. The smallest absolute Gasteiger partial charge is 0.0230 e. The molecule has 0 N–H and O–H groups in total. The highest BCUT2D eigenvalue weighted by atomic mass is 15.1. The van der Waals surface area contributed by atoms with E-state index in [4.69, 9.17) is 0 Å². The normalized spacial score (nSPS) is 25.8.